The van der Waals surface area contributed by atoms with Gasteiger partial charge in [-0.25, -0.2) is 0 Å². The fourth-order valence-electron chi connectivity index (χ4n) is 2.40. The zero-order chi connectivity index (χ0) is 15.9. The Kier molecular flexibility index (Phi) is 6.21. The smallest absolute Gasteiger partial charge is 0.260 e. The molecule has 0 aromatic heterocycles. The van der Waals surface area contributed by atoms with Crippen molar-refractivity contribution in [2.45, 2.75) is 26.9 Å². The van der Waals surface area contributed by atoms with Gasteiger partial charge in [0.25, 0.3) is 5.91 Å². The van der Waals surface area contributed by atoms with Crippen LogP contribution in [0.1, 0.15) is 18.1 Å². The van der Waals surface area contributed by atoms with E-state index in [1.54, 1.807) is 6.92 Å². The lowest BCUT2D eigenvalue weighted by Gasteiger charge is -2.26. The molecular weight excluding hydrogens is 280 g/mol. The molecule has 0 radical (unpaired) electrons. The first-order valence-corrected chi connectivity index (χ1v) is 7.88. The van der Waals surface area contributed by atoms with E-state index in [4.69, 9.17) is 9.47 Å². The highest BCUT2D eigenvalue weighted by molar-refractivity contribution is 5.80. The Morgan fingerprint density at radius 2 is 2.09 bits per heavy atom. The predicted molar refractivity (Wildman–Crippen MR) is 86.3 cm³/mol. The Hall–Kier alpha value is -1.59. The van der Waals surface area contributed by atoms with Crippen LogP contribution < -0.4 is 10.1 Å². The highest BCUT2D eigenvalue weighted by Crippen LogP contribution is 2.21. The van der Waals surface area contributed by atoms with Gasteiger partial charge in [-0.15, -0.1) is 0 Å². The molecule has 0 bridgehead atoms. The second kappa shape index (κ2) is 8.15. The summed E-state index contributed by atoms with van der Waals surface area (Å²) in [6.45, 7) is 10.7. The predicted octanol–water partition coefficient (Wildman–Crippen LogP) is 1.52. The molecule has 2 rings (SSSR count). The summed E-state index contributed by atoms with van der Waals surface area (Å²) < 4.78 is 11.1. The third-order valence-corrected chi connectivity index (χ3v) is 4.06. The Labute approximate surface area is 132 Å². The number of nitrogens with zero attached hydrogens (tertiary/aromatic N) is 1. The van der Waals surface area contributed by atoms with Gasteiger partial charge in [0.05, 0.1) is 13.2 Å². The quantitative estimate of drug-likeness (QED) is 0.866. The summed E-state index contributed by atoms with van der Waals surface area (Å²) in [5.74, 6) is 0.699. The lowest BCUT2D eigenvalue weighted by atomic mass is 10.1. The minimum Gasteiger partial charge on any atom is -0.481 e. The van der Waals surface area contributed by atoms with Gasteiger partial charge in [0.15, 0.2) is 6.10 Å². The molecule has 1 heterocycles. The third kappa shape index (κ3) is 4.71. The second-order valence-electron chi connectivity index (χ2n) is 5.70. The number of nitrogens with one attached hydrogen (secondary N) is 1. The molecule has 1 aliphatic heterocycles. The van der Waals surface area contributed by atoms with Crippen molar-refractivity contribution in [3.8, 4) is 5.75 Å². The lowest BCUT2D eigenvalue weighted by Crippen LogP contribution is -2.43. The van der Waals surface area contributed by atoms with E-state index in [2.05, 4.69) is 10.2 Å². The zero-order valence-corrected chi connectivity index (χ0v) is 13.7. The monoisotopic (exact) mass is 306 g/mol. The van der Waals surface area contributed by atoms with Crippen molar-refractivity contribution in [1.29, 1.82) is 0 Å². The number of aryl methyl sites for hydroxylation is 1. The molecule has 1 aliphatic rings. The van der Waals surface area contributed by atoms with Crippen LogP contribution in [-0.2, 0) is 9.53 Å². The number of carbonyl (C=O) groups is 1. The number of benzene rings is 1. The Bertz CT molecular complexity index is 499. The van der Waals surface area contributed by atoms with Crippen LogP contribution in [0.3, 0.4) is 0 Å². The number of hydrogen-bond acceptors (Lipinski definition) is 4. The van der Waals surface area contributed by atoms with Crippen molar-refractivity contribution < 1.29 is 14.3 Å². The maximum absolute atomic E-state index is 12.1. The fraction of sp³-hybridized carbons (Fsp3) is 0.588. The zero-order valence-electron chi connectivity index (χ0n) is 13.7. The molecule has 1 N–H and O–H groups in total. The van der Waals surface area contributed by atoms with E-state index >= 15 is 0 Å². The van der Waals surface area contributed by atoms with Gasteiger partial charge in [0.2, 0.25) is 0 Å². The summed E-state index contributed by atoms with van der Waals surface area (Å²) in [5, 5.41) is 2.94. The van der Waals surface area contributed by atoms with E-state index in [1.807, 2.05) is 32.0 Å². The molecule has 122 valence electrons. The molecule has 1 unspecified atom stereocenters. The molecule has 5 heteroatoms. The van der Waals surface area contributed by atoms with Crippen molar-refractivity contribution in [2.24, 2.45) is 0 Å². The van der Waals surface area contributed by atoms with E-state index < -0.39 is 6.10 Å². The first-order chi connectivity index (χ1) is 10.6. The molecule has 1 aromatic rings. The maximum Gasteiger partial charge on any atom is 0.260 e. The highest BCUT2D eigenvalue weighted by atomic mass is 16.5. The molecule has 22 heavy (non-hydrogen) atoms. The largest absolute Gasteiger partial charge is 0.481 e. The summed E-state index contributed by atoms with van der Waals surface area (Å²) in [6.07, 6.45) is -0.495. The molecule has 0 spiro atoms. The standard InChI is InChI=1S/C17H26N2O3/c1-13-5-4-6-16(14(13)2)22-15(3)17(20)18-7-8-19-9-11-21-12-10-19/h4-6,15H,7-12H2,1-3H3,(H,18,20). The van der Waals surface area contributed by atoms with E-state index in [1.165, 1.54) is 0 Å². The van der Waals surface area contributed by atoms with Gasteiger partial charge in [-0.3, -0.25) is 9.69 Å². The van der Waals surface area contributed by atoms with E-state index in [0.717, 1.165) is 49.7 Å². The summed E-state index contributed by atoms with van der Waals surface area (Å²) in [5.41, 5.74) is 2.24. The molecular formula is C17H26N2O3. The van der Waals surface area contributed by atoms with Gasteiger partial charge in [-0.2, -0.15) is 0 Å². The number of morpholine rings is 1. The summed E-state index contributed by atoms with van der Waals surface area (Å²) >= 11 is 0. The maximum atomic E-state index is 12.1. The molecule has 1 aromatic carbocycles. The third-order valence-electron chi connectivity index (χ3n) is 4.06. The molecule has 1 atom stereocenters. The van der Waals surface area contributed by atoms with E-state index in [9.17, 15) is 4.79 Å². The van der Waals surface area contributed by atoms with Crippen LogP contribution in [0.25, 0.3) is 0 Å². The van der Waals surface area contributed by atoms with Crippen LogP contribution in [-0.4, -0.2) is 56.3 Å². The molecule has 5 nitrogen and oxygen atoms in total. The van der Waals surface area contributed by atoms with Gasteiger partial charge in [-0.05, 0) is 38.0 Å². The Balaban J connectivity index is 1.75. The van der Waals surface area contributed by atoms with Crippen LogP contribution in [0.2, 0.25) is 0 Å². The Morgan fingerprint density at radius 3 is 2.82 bits per heavy atom. The highest BCUT2D eigenvalue weighted by Gasteiger charge is 2.16. The van der Waals surface area contributed by atoms with Crippen molar-refractivity contribution in [1.82, 2.24) is 10.2 Å². The molecule has 0 aliphatic carbocycles. The van der Waals surface area contributed by atoms with Crippen molar-refractivity contribution in [3.63, 3.8) is 0 Å². The number of rotatable bonds is 6. The topological polar surface area (TPSA) is 50.8 Å². The fourth-order valence-corrected chi connectivity index (χ4v) is 2.40. The van der Waals surface area contributed by atoms with Crippen LogP contribution in [0.5, 0.6) is 5.75 Å². The number of ether oxygens (including phenoxy) is 2. The van der Waals surface area contributed by atoms with Gasteiger partial charge in [0.1, 0.15) is 5.75 Å². The normalized spacial score (nSPS) is 17.0. The molecule has 1 saturated heterocycles. The Morgan fingerprint density at radius 1 is 1.36 bits per heavy atom. The van der Waals surface area contributed by atoms with Crippen LogP contribution in [0.4, 0.5) is 0 Å². The first kappa shape index (κ1) is 16.8. The van der Waals surface area contributed by atoms with Crippen LogP contribution in [0, 0.1) is 13.8 Å². The van der Waals surface area contributed by atoms with E-state index in [-0.39, 0.29) is 5.91 Å². The summed E-state index contributed by atoms with van der Waals surface area (Å²) in [4.78, 5) is 14.4. The summed E-state index contributed by atoms with van der Waals surface area (Å²) in [6, 6.07) is 5.88. The number of carbonyl (C=O) groups excluding carboxylic acids is 1. The van der Waals surface area contributed by atoms with Gasteiger partial charge in [0, 0.05) is 26.2 Å². The minimum absolute atomic E-state index is 0.0748. The van der Waals surface area contributed by atoms with Gasteiger partial charge >= 0.3 is 0 Å². The number of amides is 1. The molecule has 1 fully saturated rings. The lowest BCUT2D eigenvalue weighted by molar-refractivity contribution is -0.127. The van der Waals surface area contributed by atoms with Crippen molar-refractivity contribution in [3.05, 3.63) is 29.3 Å². The van der Waals surface area contributed by atoms with Crippen molar-refractivity contribution in [2.75, 3.05) is 39.4 Å². The summed E-state index contributed by atoms with van der Waals surface area (Å²) in [7, 11) is 0. The van der Waals surface area contributed by atoms with Crippen molar-refractivity contribution >= 4 is 5.91 Å². The molecule has 1 amide bonds. The average molecular weight is 306 g/mol. The average Bonchev–Trinajstić information content (AvgIpc) is 2.52. The van der Waals surface area contributed by atoms with E-state index in [0.29, 0.717) is 6.54 Å². The molecule has 0 saturated carbocycles. The van der Waals surface area contributed by atoms with Gasteiger partial charge in [-0.1, -0.05) is 12.1 Å². The van der Waals surface area contributed by atoms with Gasteiger partial charge < -0.3 is 14.8 Å². The second-order valence-corrected chi connectivity index (χ2v) is 5.70. The van der Waals surface area contributed by atoms with Crippen LogP contribution >= 0.6 is 0 Å². The SMILES string of the molecule is Cc1cccc(OC(C)C(=O)NCCN2CCOCC2)c1C. The van der Waals surface area contributed by atoms with Crippen LogP contribution in [0.15, 0.2) is 18.2 Å². The number of hydrogen-bond donors (Lipinski definition) is 1. The minimum atomic E-state index is -0.495. The first-order valence-electron chi connectivity index (χ1n) is 7.88.